The number of anilines is 1. The Morgan fingerprint density at radius 1 is 1.11 bits per heavy atom. The monoisotopic (exact) mass is 362 g/mol. The maximum absolute atomic E-state index is 5.85. The highest BCUT2D eigenvalue weighted by Gasteiger charge is 2.23. The number of imidazole rings is 2. The van der Waals surface area contributed by atoms with Gasteiger partial charge in [0.15, 0.2) is 5.65 Å². The number of benzene rings is 1. The normalized spacial score (nSPS) is 20.6. The summed E-state index contributed by atoms with van der Waals surface area (Å²) < 4.78 is 7.77. The van der Waals surface area contributed by atoms with Crippen LogP contribution in [0.4, 0.5) is 5.82 Å². The van der Waals surface area contributed by atoms with Crippen molar-refractivity contribution in [3.05, 3.63) is 42.4 Å². The molecule has 1 fully saturated rings. The van der Waals surface area contributed by atoms with Gasteiger partial charge in [-0.1, -0.05) is 6.07 Å². The van der Waals surface area contributed by atoms with E-state index >= 15 is 0 Å². The van der Waals surface area contributed by atoms with E-state index in [1.54, 1.807) is 0 Å². The number of aromatic nitrogens is 5. The number of nitrogens with one attached hydrogen (secondary N) is 1. The first-order chi connectivity index (χ1) is 13.1. The quantitative estimate of drug-likeness (QED) is 0.593. The molecule has 5 rings (SSSR count). The highest BCUT2D eigenvalue weighted by molar-refractivity contribution is 5.81. The summed E-state index contributed by atoms with van der Waals surface area (Å²) in [4.78, 5) is 14.6. The molecule has 0 saturated carbocycles. The first-order valence-electron chi connectivity index (χ1n) is 9.29. The molecular formula is C20H22N6O. The molecule has 1 N–H and O–H groups in total. The van der Waals surface area contributed by atoms with E-state index in [0.29, 0.717) is 0 Å². The lowest BCUT2D eigenvalue weighted by molar-refractivity contribution is -0.00551. The van der Waals surface area contributed by atoms with Crippen LogP contribution in [0.2, 0.25) is 0 Å². The van der Waals surface area contributed by atoms with Gasteiger partial charge in [-0.2, -0.15) is 0 Å². The molecule has 27 heavy (non-hydrogen) atoms. The molecule has 7 nitrogen and oxygen atoms in total. The number of aryl methyl sites for hydroxylation is 1. The fraction of sp³-hybridized carbons (Fsp3) is 0.350. The second kappa shape index (κ2) is 6.06. The fourth-order valence-corrected chi connectivity index (χ4v) is 3.89. The van der Waals surface area contributed by atoms with Gasteiger partial charge in [0.1, 0.15) is 11.6 Å². The van der Waals surface area contributed by atoms with Crippen LogP contribution < -0.4 is 4.90 Å². The van der Waals surface area contributed by atoms with E-state index in [0.717, 1.165) is 52.7 Å². The number of fused-ring (bicyclic) bond motifs is 2. The van der Waals surface area contributed by atoms with Crippen molar-refractivity contribution >= 4 is 22.5 Å². The summed E-state index contributed by atoms with van der Waals surface area (Å²) in [5.41, 5.74) is 4.85. The Kier molecular flexibility index (Phi) is 3.65. The van der Waals surface area contributed by atoms with E-state index in [1.807, 2.05) is 35.8 Å². The van der Waals surface area contributed by atoms with Crippen LogP contribution in [-0.2, 0) is 4.74 Å². The number of aromatic amines is 1. The molecule has 0 amide bonds. The van der Waals surface area contributed by atoms with Crippen molar-refractivity contribution < 1.29 is 4.74 Å². The Balaban J connectivity index is 1.58. The summed E-state index contributed by atoms with van der Waals surface area (Å²) in [5.74, 6) is 1.86. The van der Waals surface area contributed by atoms with Crippen LogP contribution in [0.5, 0.6) is 0 Å². The van der Waals surface area contributed by atoms with Crippen LogP contribution in [0, 0.1) is 6.92 Å². The topological polar surface area (TPSA) is 71.3 Å². The lowest BCUT2D eigenvalue weighted by Crippen LogP contribution is -2.46. The molecule has 1 aliphatic rings. The van der Waals surface area contributed by atoms with Gasteiger partial charge in [-0.05, 0) is 45.0 Å². The van der Waals surface area contributed by atoms with E-state index in [2.05, 4.69) is 45.8 Å². The second-order valence-electron chi connectivity index (χ2n) is 7.32. The Hall–Kier alpha value is -2.93. The van der Waals surface area contributed by atoms with E-state index in [4.69, 9.17) is 9.84 Å². The highest BCUT2D eigenvalue weighted by atomic mass is 16.5. The zero-order valence-corrected chi connectivity index (χ0v) is 15.7. The third-order valence-electron chi connectivity index (χ3n) is 4.99. The molecular weight excluding hydrogens is 340 g/mol. The zero-order chi connectivity index (χ0) is 18.5. The number of hydrogen-bond donors (Lipinski definition) is 1. The summed E-state index contributed by atoms with van der Waals surface area (Å²) >= 11 is 0. The van der Waals surface area contributed by atoms with Crippen molar-refractivity contribution in [2.24, 2.45) is 0 Å². The second-order valence-corrected chi connectivity index (χ2v) is 7.32. The minimum Gasteiger partial charge on any atom is -0.372 e. The summed E-state index contributed by atoms with van der Waals surface area (Å²) in [6.45, 7) is 7.85. The first kappa shape index (κ1) is 16.3. The van der Waals surface area contributed by atoms with Crippen molar-refractivity contribution in [2.75, 3.05) is 18.0 Å². The molecule has 1 aliphatic heterocycles. The van der Waals surface area contributed by atoms with E-state index in [1.165, 1.54) is 0 Å². The molecule has 4 heterocycles. The van der Waals surface area contributed by atoms with Crippen molar-refractivity contribution in [1.29, 1.82) is 0 Å². The maximum Gasteiger partial charge on any atom is 0.154 e. The van der Waals surface area contributed by atoms with Gasteiger partial charge in [-0.25, -0.2) is 14.5 Å². The maximum atomic E-state index is 5.85. The van der Waals surface area contributed by atoms with Gasteiger partial charge in [0, 0.05) is 18.7 Å². The van der Waals surface area contributed by atoms with Gasteiger partial charge in [-0.15, -0.1) is 5.10 Å². The van der Waals surface area contributed by atoms with Crippen LogP contribution in [0.1, 0.15) is 19.7 Å². The smallest absolute Gasteiger partial charge is 0.154 e. The number of H-pyrrole nitrogens is 1. The van der Waals surface area contributed by atoms with Crippen molar-refractivity contribution in [3.63, 3.8) is 0 Å². The average molecular weight is 362 g/mol. The Morgan fingerprint density at radius 3 is 2.74 bits per heavy atom. The molecule has 2 atom stereocenters. The number of nitrogens with zero attached hydrogens (tertiary/aromatic N) is 5. The summed E-state index contributed by atoms with van der Waals surface area (Å²) in [6, 6.07) is 10.3. The average Bonchev–Trinajstić information content (AvgIpc) is 3.21. The molecule has 0 aliphatic carbocycles. The molecule has 138 valence electrons. The third-order valence-corrected chi connectivity index (χ3v) is 4.99. The van der Waals surface area contributed by atoms with Crippen LogP contribution in [0.15, 0.2) is 36.5 Å². The Bertz CT molecular complexity index is 1120. The molecule has 0 radical (unpaired) electrons. The third kappa shape index (κ3) is 2.84. The van der Waals surface area contributed by atoms with E-state index < -0.39 is 0 Å². The largest absolute Gasteiger partial charge is 0.372 e. The molecule has 1 saturated heterocycles. The summed E-state index contributed by atoms with van der Waals surface area (Å²) in [6.07, 6.45) is 2.26. The molecule has 0 unspecified atom stereocenters. The molecule has 1 aromatic carbocycles. The lowest BCUT2D eigenvalue weighted by atomic mass is 10.1. The Labute approximate surface area is 157 Å². The lowest BCUT2D eigenvalue weighted by Gasteiger charge is -2.35. The zero-order valence-electron chi connectivity index (χ0n) is 15.7. The number of ether oxygens (including phenoxy) is 1. The Morgan fingerprint density at radius 2 is 1.93 bits per heavy atom. The number of hydrogen-bond acceptors (Lipinski definition) is 5. The van der Waals surface area contributed by atoms with E-state index in [-0.39, 0.29) is 12.2 Å². The van der Waals surface area contributed by atoms with Crippen LogP contribution in [0.3, 0.4) is 0 Å². The van der Waals surface area contributed by atoms with Gasteiger partial charge < -0.3 is 14.6 Å². The van der Waals surface area contributed by atoms with Crippen LogP contribution >= 0.6 is 0 Å². The minimum atomic E-state index is 0.194. The fourth-order valence-electron chi connectivity index (χ4n) is 3.89. The standard InChI is InChI=1S/C20H22N6O/c1-12-10-25(11-13(2)27-12)20-7-6-19-21-9-18(26(19)24-20)15-4-5-16-17(8-15)23-14(3)22-16/h4-9,12-13H,10-11H2,1-3H3,(H,22,23)/t12-,13+. The predicted molar refractivity (Wildman–Crippen MR) is 105 cm³/mol. The SMILES string of the molecule is Cc1nc2ccc(-c3cnc4ccc(N5C[C@@H](C)O[C@@H](C)C5)nn34)cc2[nH]1. The van der Waals surface area contributed by atoms with Gasteiger partial charge in [-0.3, -0.25) is 0 Å². The van der Waals surface area contributed by atoms with Crippen LogP contribution in [-0.4, -0.2) is 49.9 Å². The number of rotatable bonds is 2. The molecule has 7 heteroatoms. The molecule has 4 aromatic rings. The molecule has 0 bridgehead atoms. The predicted octanol–water partition coefficient (Wildman–Crippen LogP) is 3.19. The minimum absolute atomic E-state index is 0.194. The van der Waals surface area contributed by atoms with Gasteiger partial charge >= 0.3 is 0 Å². The van der Waals surface area contributed by atoms with Gasteiger partial charge in [0.25, 0.3) is 0 Å². The summed E-state index contributed by atoms with van der Waals surface area (Å²) in [7, 11) is 0. The molecule has 0 spiro atoms. The van der Waals surface area contributed by atoms with Gasteiger partial charge in [0.05, 0.1) is 35.1 Å². The van der Waals surface area contributed by atoms with Crippen molar-refractivity contribution in [2.45, 2.75) is 33.0 Å². The van der Waals surface area contributed by atoms with Crippen molar-refractivity contribution in [3.8, 4) is 11.3 Å². The van der Waals surface area contributed by atoms with E-state index in [9.17, 15) is 0 Å². The van der Waals surface area contributed by atoms with Crippen molar-refractivity contribution in [1.82, 2.24) is 24.6 Å². The molecule has 3 aromatic heterocycles. The van der Waals surface area contributed by atoms with Gasteiger partial charge in [0.2, 0.25) is 0 Å². The van der Waals surface area contributed by atoms with Crippen LogP contribution in [0.25, 0.3) is 27.9 Å². The highest BCUT2D eigenvalue weighted by Crippen LogP contribution is 2.25. The first-order valence-corrected chi connectivity index (χ1v) is 9.29. The summed E-state index contributed by atoms with van der Waals surface area (Å²) in [5, 5.41) is 4.89. The number of morpholine rings is 1.